The molecular weight excluding hydrogens is 249 g/mol. The molecule has 5 heteroatoms. The van der Waals surface area contributed by atoms with Crippen LogP contribution in [0.15, 0.2) is 0 Å². The van der Waals surface area contributed by atoms with Gasteiger partial charge in [-0.1, -0.05) is 48.7 Å². The van der Waals surface area contributed by atoms with E-state index in [4.69, 9.17) is 34.8 Å². The van der Waals surface area contributed by atoms with Crippen LogP contribution >= 0.6 is 34.8 Å². The van der Waals surface area contributed by atoms with Gasteiger partial charge in [-0.25, -0.2) is 4.39 Å². The highest BCUT2D eigenvalue weighted by Gasteiger charge is 2.22. The molecule has 0 fully saturated rings. The van der Waals surface area contributed by atoms with Gasteiger partial charge in [0.2, 0.25) is 0 Å². The number of phenols is 1. The minimum Gasteiger partial charge on any atom is -0.506 e. The lowest BCUT2D eigenvalue weighted by atomic mass is 10.0. The number of hydrogen-bond donors (Lipinski definition) is 1. The molecule has 0 aliphatic carbocycles. The Morgan fingerprint density at radius 2 is 1.57 bits per heavy atom. The Hall–Kier alpha value is -0.180. The van der Waals surface area contributed by atoms with E-state index in [0.29, 0.717) is 5.56 Å². The highest BCUT2D eigenvalue weighted by Crippen LogP contribution is 2.44. The fraction of sp³-hybridized carbons (Fsp3) is 0.333. The number of aromatic hydroxyl groups is 1. The fourth-order valence-electron chi connectivity index (χ4n) is 1.16. The van der Waals surface area contributed by atoms with E-state index in [1.165, 1.54) is 0 Å². The van der Waals surface area contributed by atoms with Gasteiger partial charge in [-0.05, 0) is 5.92 Å². The Bertz CT molecular complexity index is 348. The highest BCUT2D eigenvalue weighted by atomic mass is 35.5. The zero-order chi connectivity index (χ0) is 11.0. The van der Waals surface area contributed by atoms with Gasteiger partial charge >= 0.3 is 0 Å². The van der Waals surface area contributed by atoms with Gasteiger partial charge in [0.25, 0.3) is 0 Å². The Morgan fingerprint density at radius 3 is 2.00 bits per heavy atom. The van der Waals surface area contributed by atoms with Crippen LogP contribution < -0.4 is 0 Å². The molecule has 1 aromatic rings. The van der Waals surface area contributed by atoms with E-state index in [9.17, 15) is 9.50 Å². The molecule has 78 valence electrons. The highest BCUT2D eigenvalue weighted by molar-refractivity contribution is 6.44. The zero-order valence-electron chi connectivity index (χ0n) is 7.54. The molecule has 0 spiro atoms. The lowest BCUT2D eigenvalue weighted by molar-refractivity contribution is 0.459. The molecule has 0 unspecified atom stereocenters. The summed E-state index contributed by atoms with van der Waals surface area (Å²) >= 11 is 16.9. The topological polar surface area (TPSA) is 20.2 Å². The Labute approximate surface area is 96.4 Å². The first-order chi connectivity index (χ1) is 6.37. The molecule has 1 N–H and O–H groups in total. The molecule has 1 nitrogen and oxygen atoms in total. The summed E-state index contributed by atoms with van der Waals surface area (Å²) in [6.07, 6.45) is 0. The molecule has 0 atom stereocenters. The number of benzene rings is 1. The Kier molecular flexibility index (Phi) is 3.51. The third-order valence-electron chi connectivity index (χ3n) is 1.85. The van der Waals surface area contributed by atoms with Gasteiger partial charge < -0.3 is 5.11 Å². The third kappa shape index (κ3) is 1.79. The quantitative estimate of drug-likeness (QED) is 0.575. The smallest absolute Gasteiger partial charge is 0.165 e. The maximum Gasteiger partial charge on any atom is 0.165 e. The second-order valence-electron chi connectivity index (χ2n) is 3.17. The van der Waals surface area contributed by atoms with Crippen molar-refractivity contribution < 1.29 is 9.50 Å². The molecule has 0 aliphatic rings. The van der Waals surface area contributed by atoms with Crippen LogP contribution in [0.1, 0.15) is 25.3 Å². The summed E-state index contributed by atoms with van der Waals surface area (Å²) in [6.45, 7) is 3.59. The van der Waals surface area contributed by atoms with Crippen molar-refractivity contribution in [2.45, 2.75) is 19.8 Å². The van der Waals surface area contributed by atoms with E-state index in [1.807, 2.05) is 0 Å². The van der Waals surface area contributed by atoms with E-state index in [1.54, 1.807) is 13.8 Å². The largest absolute Gasteiger partial charge is 0.506 e. The van der Waals surface area contributed by atoms with Gasteiger partial charge in [-0.2, -0.15) is 0 Å². The van der Waals surface area contributed by atoms with Gasteiger partial charge in [0, 0.05) is 5.56 Å². The van der Waals surface area contributed by atoms with Crippen molar-refractivity contribution in [2.75, 3.05) is 0 Å². The summed E-state index contributed by atoms with van der Waals surface area (Å²) in [5.41, 5.74) is 0.364. The fourth-order valence-corrected chi connectivity index (χ4v) is 2.00. The first kappa shape index (κ1) is 11.9. The summed E-state index contributed by atoms with van der Waals surface area (Å²) < 4.78 is 13.2. The second-order valence-corrected chi connectivity index (χ2v) is 4.31. The van der Waals surface area contributed by atoms with E-state index in [-0.39, 0.29) is 26.7 Å². The molecule has 0 saturated carbocycles. The number of rotatable bonds is 1. The van der Waals surface area contributed by atoms with Crippen molar-refractivity contribution in [3.63, 3.8) is 0 Å². The summed E-state index contributed by atoms with van der Waals surface area (Å²) in [7, 11) is 0. The third-order valence-corrected chi connectivity index (χ3v) is 3.04. The molecule has 0 saturated heterocycles. The van der Waals surface area contributed by atoms with Crippen molar-refractivity contribution in [3.8, 4) is 5.75 Å². The van der Waals surface area contributed by atoms with Crippen LogP contribution in [0.2, 0.25) is 15.1 Å². The molecule has 0 aliphatic heterocycles. The number of hydrogen-bond acceptors (Lipinski definition) is 1. The summed E-state index contributed by atoms with van der Waals surface area (Å²) in [5, 5.41) is 8.92. The van der Waals surface area contributed by atoms with Gasteiger partial charge in [-0.3, -0.25) is 0 Å². The minimum absolute atomic E-state index is 0.0149. The standard InChI is InChI=1S/C9H8Cl3FO/c1-3(2)4-5(10)6(11)8(13)7(12)9(4)14/h3,14H,1-2H3. The molecular formula is C9H8Cl3FO. The second kappa shape index (κ2) is 4.13. The van der Waals surface area contributed by atoms with Gasteiger partial charge in [0.1, 0.15) is 10.8 Å². The van der Waals surface area contributed by atoms with Crippen LogP contribution in [0.4, 0.5) is 4.39 Å². The monoisotopic (exact) mass is 256 g/mol. The van der Waals surface area contributed by atoms with Crippen LogP contribution in [0.25, 0.3) is 0 Å². The van der Waals surface area contributed by atoms with E-state index in [2.05, 4.69) is 0 Å². The molecule has 0 heterocycles. The van der Waals surface area contributed by atoms with Crippen molar-refractivity contribution in [1.29, 1.82) is 0 Å². The van der Waals surface area contributed by atoms with Gasteiger partial charge in [-0.15, -0.1) is 0 Å². The van der Waals surface area contributed by atoms with Crippen molar-refractivity contribution in [1.82, 2.24) is 0 Å². The van der Waals surface area contributed by atoms with Gasteiger partial charge in [0.05, 0.1) is 10.0 Å². The van der Waals surface area contributed by atoms with E-state index < -0.39 is 5.82 Å². The van der Waals surface area contributed by atoms with Crippen molar-refractivity contribution in [3.05, 3.63) is 26.4 Å². The molecule has 0 radical (unpaired) electrons. The Balaban J connectivity index is 3.60. The lowest BCUT2D eigenvalue weighted by Gasteiger charge is -2.14. The molecule has 0 amide bonds. The minimum atomic E-state index is -0.889. The predicted molar refractivity (Wildman–Crippen MR) is 57.2 cm³/mol. The first-order valence-corrected chi connectivity index (χ1v) is 5.06. The zero-order valence-corrected chi connectivity index (χ0v) is 9.80. The average molecular weight is 258 g/mol. The number of halogens is 4. The maximum atomic E-state index is 13.2. The molecule has 1 aromatic carbocycles. The van der Waals surface area contributed by atoms with Crippen LogP contribution in [-0.2, 0) is 0 Å². The summed E-state index contributed by atoms with van der Waals surface area (Å²) in [4.78, 5) is 0. The van der Waals surface area contributed by atoms with E-state index in [0.717, 1.165) is 0 Å². The van der Waals surface area contributed by atoms with Crippen molar-refractivity contribution in [2.24, 2.45) is 0 Å². The predicted octanol–water partition coefficient (Wildman–Crippen LogP) is 4.61. The van der Waals surface area contributed by atoms with Crippen molar-refractivity contribution >= 4 is 34.8 Å². The van der Waals surface area contributed by atoms with Crippen LogP contribution in [0.5, 0.6) is 5.75 Å². The van der Waals surface area contributed by atoms with E-state index >= 15 is 0 Å². The first-order valence-electron chi connectivity index (χ1n) is 3.92. The maximum absolute atomic E-state index is 13.2. The summed E-state index contributed by atoms with van der Waals surface area (Å²) in [6, 6.07) is 0. The average Bonchev–Trinajstić information content (AvgIpc) is 2.11. The molecule has 0 bridgehead atoms. The van der Waals surface area contributed by atoms with Crippen LogP contribution in [0, 0.1) is 5.82 Å². The lowest BCUT2D eigenvalue weighted by Crippen LogP contribution is -1.94. The van der Waals surface area contributed by atoms with Gasteiger partial charge in [0.15, 0.2) is 5.82 Å². The van der Waals surface area contributed by atoms with Crippen LogP contribution in [-0.4, -0.2) is 5.11 Å². The molecule has 0 aromatic heterocycles. The summed E-state index contributed by atoms with van der Waals surface area (Å²) in [5.74, 6) is -1.31. The molecule has 14 heavy (non-hydrogen) atoms. The normalized spacial score (nSPS) is 11.1. The van der Waals surface area contributed by atoms with Crippen LogP contribution in [0.3, 0.4) is 0 Å². The number of phenolic OH excluding ortho intramolecular Hbond substituents is 1. The Morgan fingerprint density at radius 1 is 1.07 bits per heavy atom. The molecule has 1 rings (SSSR count). The SMILES string of the molecule is CC(C)c1c(O)c(Cl)c(F)c(Cl)c1Cl.